The zero-order valence-electron chi connectivity index (χ0n) is 12.0. The first-order chi connectivity index (χ1) is 8.00. The normalized spacial score (nSPS) is 36.9. The smallest absolute Gasteiger partial charge is 0 e. The first-order valence-corrected chi connectivity index (χ1v) is 7.03. The number of carbonyl (C=O) groups is 1. The molecule has 0 heterocycles. The summed E-state index contributed by atoms with van der Waals surface area (Å²) < 4.78 is 0. The van der Waals surface area contributed by atoms with E-state index in [2.05, 4.69) is 33.8 Å². The molecule has 1 nitrogen and oxygen atoms in total. The fourth-order valence-electron chi connectivity index (χ4n) is 3.91. The first-order valence-electron chi connectivity index (χ1n) is 7.03. The summed E-state index contributed by atoms with van der Waals surface area (Å²) in [4.78, 5) is 11.5. The van der Waals surface area contributed by atoms with Gasteiger partial charge >= 0.3 is 0 Å². The Morgan fingerprint density at radius 2 is 2.06 bits per heavy atom. The molecule has 0 saturated heterocycles. The van der Waals surface area contributed by atoms with Crippen molar-refractivity contribution in [3.8, 4) is 0 Å². The van der Waals surface area contributed by atoms with Crippen LogP contribution in [0.1, 0.15) is 46.5 Å². The molecule has 0 aromatic rings. The number of ketones is 1. The van der Waals surface area contributed by atoms with Crippen molar-refractivity contribution < 1.29 is 37.5 Å². The van der Waals surface area contributed by atoms with Crippen LogP contribution in [0.4, 0.5) is 0 Å². The van der Waals surface area contributed by atoms with Crippen molar-refractivity contribution in [1.82, 2.24) is 0 Å². The second-order valence-electron chi connectivity index (χ2n) is 6.27. The van der Waals surface area contributed by atoms with E-state index in [1.807, 2.05) is 0 Å². The largest absolute Gasteiger partial charge is 0.339 e. The molecular weight excluding hydrogens is 297 g/mol. The monoisotopic (exact) mass is 322 g/mol. The quantitative estimate of drug-likeness (QED) is 0.554. The van der Waals surface area contributed by atoms with E-state index in [1.165, 1.54) is 31.3 Å². The molecule has 18 heavy (non-hydrogen) atoms. The number of Topliss-reactive ketones (excluding diaryl/α,β-unsaturated/α-hetero) is 1. The minimum absolute atomic E-state index is 0. The molecule has 0 spiro atoms. The standard InChI is InChI=1S/C16H25O.Y/c1-10-5-7-14-11(2)6-8-15(16(14)9-10)12(3)13(4)17;/h9,11-12,14-16H,4-8H2,1-3H3;/q-1;/t11-,12+,14+,15+,16+;/m1./s1. The summed E-state index contributed by atoms with van der Waals surface area (Å²) in [6.45, 7) is 10.3. The van der Waals surface area contributed by atoms with Gasteiger partial charge in [0.2, 0.25) is 0 Å². The summed E-state index contributed by atoms with van der Waals surface area (Å²) in [5.41, 5.74) is 1.52. The molecule has 0 N–H and O–H groups in total. The van der Waals surface area contributed by atoms with Crippen LogP contribution in [-0.4, -0.2) is 5.78 Å². The van der Waals surface area contributed by atoms with Crippen LogP contribution in [0.15, 0.2) is 11.6 Å². The van der Waals surface area contributed by atoms with E-state index >= 15 is 0 Å². The molecule has 99 valence electrons. The second kappa shape index (κ2) is 6.70. The maximum absolute atomic E-state index is 11.5. The van der Waals surface area contributed by atoms with E-state index in [9.17, 15) is 4.79 Å². The maximum Gasteiger partial charge on any atom is 0 e. The fraction of sp³-hybridized carbons (Fsp3) is 0.750. The Morgan fingerprint density at radius 3 is 2.67 bits per heavy atom. The Bertz CT molecular complexity index is 334. The van der Waals surface area contributed by atoms with Crippen LogP contribution < -0.4 is 0 Å². The molecule has 0 bridgehead atoms. The fourth-order valence-corrected chi connectivity index (χ4v) is 3.91. The molecule has 2 rings (SSSR count). The van der Waals surface area contributed by atoms with Crippen molar-refractivity contribution >= 4 is 5.78 Å². The van der Waals surface area contributed by atoms with Crippen LogP contribution in [0.25, 0.3) is 0 Å². The van der Waals surface area contributed by atoms with Gasteiger partial charge in [-0.05, 0) is 61.6 Å². The molecule has 1 radical (unpaired) electrons. The van der Waals surface area contributed by atoms with Gasteiger partial charge in [-0.25, -0.2) is 0 Å². The molecule has 0 amide bonds. The third-order valence-electron chi connectivity index (χ3n) is 5.17. The number of fused-ring (bicyclic) bond motifs is 1. The van der Waals surface area contributed by atoms with Crippen molar-refractivity contribution in [3.05, 3.63) is 18.6 Å². The molecule has 0 aliphatic heterocycles. The van der Waals surface area contributed by atoms with Crippen LogP contribution in [-0.2, 0) is 37.5 Å². The SMILES string of the molecule is [CH2-]C(=O)[C@H](C)[C@@H]1CC[C@@H](C)[C@@H]2CCC(C)=C[C@@H]21.[Y]. The molecule has 2 aliphatic rings. The Balaban J connectivity index is 0.00000162. The summed E-state index contributed by atoms with van der Waals surface area (Å²) in [7, 11) is 0. The zero-order valence-corrected chi connectivity index (χ0v) is 14.8. The molecule has 1 saturated carbocycles. The summed E-state index contributed by atoms with van der Waals surface area (Å²) in [6.07, 6.45) is 7.53. The molecule has 2 aliphatic carbocycles. The van der Waals surface area contributed by atoms with E-state index in [0.29, 0.717) is 11.8 Å². The van der Waals surface area contributed by atoms with Crippen molar-refractivity contribution in [2.75, 3.05) is 0 Å². The third kappa shape index (κ3) is 3.28. The summed E-state index contributed by atoms with van der Waals surface area (Å²) in [6, 6.07) is 0. The van der Waals surface area contributed by atoms with Crippen LogP contribution in [0.5, 0.6) is 0 Å². The molecule has 5 atom stereocenters. The van der Waals surface area contributed by atoms with E-state index in [0.717, 1.165) is 11.8 Å². The van der Waals surface area contributed by atoms with Crippen molar-refractivity contribution in [1.29, 1.82) is 0 Å². The van der Waals surface area contributed by atoms with Crippen molar-refractivity contribution in [2.24, 2.45) is 29.6 Å². The third-order valence-corrected chi connectivity index (χ3v) is 5.17. The van der Waals surface area contributed by atoms with Gasteiger partial charge in [0.15, 0.2) is 0 Å². The van der Waals surface area contributed by atoms with Gasteiger partial charge in [0.25, 0.3) is 0 Å². The number of hydrogen-bond acceptors (Lipinski definition) is 1. The average molecular weight is 322 g/mol. The van der Waals surface area contributed by atoms with Gasteiger partial charge in [-0.2, -0.15) is 0 Å². The number of hydrogen-bond donors (Lipinski definition) is 0. The van der Waals surface area contributed by atoms with Crippen LogP contribution >= 0.6 is 0 Å². The number of carbonyl (C=O) groups excluding carboxylic acids is 1. The average Bonchev–Trinajstić information content (AvgIpc) is 2.28. The summed E-state index contributed by atoms with van der Waals surface area (Å²) in [5.74, 6) is 3.06. The predicted molar refractivity (Wildman–Crippen MR) is 71.4 cm³/mol. The van der Waals surface area contributed by atoms with Crippen LogP contribution in [0.3, 0.4) is 0 Å². The van der Waals surface area contributed by atoms with Gasteiger partial charge in [0, 0.05) is 32.7 Å². The van der Waals surface area contributed by atoms with E-state index in [4.69, 9.17) is 0 Å². The summed E-state index contributed by atoms with van der Waals surface area (Å²) >= 11 is 0. The van der Waals surface area contributed by atoms with Gasteiger partial charge in [0.05, 0.1) is 0 Å². The predicted octanol–water partition coefficient (Wildman–Crippen LogP) is 4.04. The zero-order chi connectivity index (χ0) is 12.6. The number of allylic oxidation sites excluding steroid dienone is 2. The Morgan fingerprint density at radius 1 is 1.39 bits per heavy atom. The van der Waals surface area contributed by atoms with Crippen LogP contribution in [0, 0.1) is 36.5 Å². The number of rotatable bonds is 2. The Labute approximate surface area is 137 Å². The summed E-state index contributed by atoms with van der Waals surface area (Å²) in [5, 5.41) is 0. The molecular formula is C16H25OY-. The molecule has 0 aromatic carbocycles. The van der Waals surface area contributed by atoms with E-state index < -0.39 is 0 Å². The van der Waals surface area contributed by atoms with Gasteiger partial charge in [0.1, 0.15) is 0 Å². The minimum Gasteiger partial charge on any atom is -0.339 e. The van der Waals surface area contributed by atoms with Crippen molar-refractivity contribution in [2.45, 2.75) is 46.5 Å². The van der Waals surface area contributed by atoms with E-state index in [1.54, 1.807) is 0 Å². The molecule has 1 fully saturated rings. The minimum atomic E-state index is 0. The van der Waals surface area contributed by atoms with Gasteiger partial charge in [-0.3, -0.25) is 0 Å². The Kier molecular flexibility index (Phi) is 6.12. The first kappa shape index (κ1) is 16.4. The molecule has 0 unspecified atom stereocenters. The van der Waals surface area contributed by atoms with E-state index in [-0.39, 0.29) is 44.4 Å². The van der Waals surface area contributed by atoms with Gasteiger partial charge in [-0.1, -0.05) is 31.9 Å². The maximum atomic E-state index is 11.5. The van der Waals surface area contributed by atoms with Gasteiger partial charge in [-0.15, -0.1) is 0 Å². The van der Waals surface area contributed by atoms with Crippen LogP contribution in [0.2, 0.25) is 0 Å². The van der Waals surface area contributed by atoms with Crippen molar-refractivity contribution in [3.63, 3.8) is 0 Å². The molecule has 0 aromatic heterocycles. The Hall–Kier alpha value is 0.384. The van der Waals surface area contributed by atoms with Gasteiger partial charge < -0.3 is 11.7 Å². The second-order valence-corrected chi connectivity index (χ2v) is 6.27. The molecule has 2 heteroatoms. The topological polar surface area (TPSA) is 17.1 Å².